The number of hydrogen-bond donors (Lipinski definition) is 3. The number of carbonyl (C=O) groups excluding carboxylic acids is 1. The van der Waals surface area contributed by atoms with Crippen molar-refractivity contribution in [2.24, 2.45) is 0 Å². The molecule has 1 heterocycles. The highest BCUT2D eigenvalue weighted by Gasteiger charge is 2.33. The largest absolute Gasteiger partial charge is 0.478 e. The first-order valence-electron chi connectivity index (χ1n) is 6.45. The number of carboxylic acids is 1. The smallest absolute Gasteiger partial charge is 0.335 e. The number of carbonyl (C=O) groups is 2. The third-order valence-corrected chi connectivity index (χ3v) is 3.36. The van der Waals surface area contributed by atoms with Crippen LogP contribution in [0.1, 0.15) is 29.3 Å². The number of aliphatic hydroxyl groups is 1. The van der Waals surface area contributed by atoms with Gasteiger partial charge in [0.05, 0.1) is 17.7 Å². The molecule has 0 radical (unpaired) electrons. The molecular formula is C14H18N2O4. The van der Waals surface area contributed by atoms with Crippen LogP contribution in [0.2, 0.25) is 0 Å². The Bertz CT molecular complexity index is 528. The van der Waals surface area contributed by atoms with Gasteiger partial charge >= 0.3 is 12.0 Å². The van der Waals surface area contributed by atoms with Crippen molar-refractivity contribution in [3.8, 4) is 0 Å². The molecule has 3 N–H and O–H groups in total. The maximum Gasteiger partial charge on any atom is 0.335 e. The molecule has 1 aromatic rings. The summed E-state index contributed by atoms with van der Waals surface area (Å²) in [7, 11) is 0. The Labute approximate surface area is 117 Å². The number of carboxylic acid groups (broad SMARTS) is 1. The topological polar surface area (TPSA) is 89.9 Å². The zero-order valence-electron chi connectivity index (χ0n) is 11.3. The van der Waals surface area contributed by atoms with Gasteiger partial charge in [0.25, 0.3) is 0 Å². The van der Waals surface area contributed by atoms with E-state index in [1.54, 1.807) is 24.0 Å². The van der Waals surface area contributed by atoms with Crippen LogP contribution in [0.15, 0.2) is 24.3 Å². The van der Waals surface area contributed by atoms with Gasteiger partial charge in [0, 0.05) is 13.1 Å². The molecule has 1 aliphatic heterocycles. The Hall–Kier alpha value is -2.08. The highest BCUT2D eigenvalue weighted by atomic mass is 16.4. The van der Waals surface area contributed by atoms with Crippen LogP contribution < -0.4 is 5.32 Å². The molecule has 2 amide bonds. The standard InChI is InChI=1S/C14H18N2O4/c1-14(20)5-6-16(9-14)13(19)15-8-10-3-2-4-11(7-10)12(17)18/h2-4,7,20H,5-6,8-9H2,1H3,(H,15,19)(H,17,18). The maximum absolute atomic E-state index is 11.9. The summed E-state index contributed by atoms with van der Waals surface area (Å²) in [6, 6.07) is 6.19. The van der Waals surface area contributed by atoms with Crippen molar-refractivity contribution in [1.29, 1.82) is 0 Å². The number of urea groups is 1. The van der Waals surface area contributed by atoms with Gasteiger partial charge < -0.3 is 20.4 Å². The SMILES string of the molecule is CC1(O)CCN(C(=O)NCc2cccc(C(=O)O)c2)C1. The molecule has 1 aliphatic rings. The number of amides is 2. The van der Waals surface area contributed by atoms with E-state index >= 15 is 0 Å². The molecule has 6 nitrogen and oxygen atoms in total. The normalized spacial score (nSPS) is 21.8. The fraction of sp³-hybridized carbons (Fsp3) is 0.429. The fourth-order valence-electron chi connectivity index (χ4n) is 2.22. The minimum Gasteiger partial charge on any atom is -0.478 e. The molecule has 1 fully saturated rings. The number of benzene rings is 1. The number of likely N-dealkylation sites (tertiary alicyclic amines) is 1. The third kappa shape index (κ3) is 3.48. The van der Waals surface area contributed by atoms with Crippen LogP contribution in [-0.2, 0) is 6.54 Å². The van der Waals surface area contributed by atoms with Gasteiger partial charge in [-0.25, -0.2) is 9.59 Å². The molecule has 0 spiro atoms. The van der Waals surface area contributed by atoms with E-state index in [9.17, 15) is 14.7 Å². The van der Waals surface area contributed by atoms with Crippen LogP contribution in [-0.4, -0.2) is 45.8 Å². The Balaban J connectivity index is 1.91. The number of nitrogens with zero attached hydrogens (tertiary/aromatic N) is 1. The van der Waals surface area contributed by atoms with E-state index in [0.717, 1.165) is 5.56 Å². The van der Waals surface area contributed by atoms with Crippen molar-refractivity contribution in [3.63, 3.8) is 0 Å². The van der Waals surface area contributed by atoms with Gasteiger partial charge in [-0.2, -0.15) is 0 Å². The molecule has 1 saturated heterocycles. The molecule has 0 saturated carbocycles. The lowest BCUT2D eigenvalue weighted by atomic mass is 10.1. The van der Waals surface area contributed by atoms with E-state index < -0.39 is 11.6 Å². The first-order chi connectivity index (χ1) is 9.37. The van der Waals surface area contributed by atoms with Gasteiger partial charge in [0.15, 0.2) is 0 Å². The van der Waals surface area contributed by atoms with Crippen molar-refractivity contribution in [2.45, 2.75) is 25.5 Å². The lowest BCUT2D eigenvalue weighted by Gasteiger charge is -2.19. The minimum absolute atomic E-state index is 0.195. The first kappa shape index (κ1) is 14.3. The summed E-state index contributed by atoms with van der Waals surface area (Å²) in [6.45, 7) is 2.80. The molecular weight excluding hydrogens is 260 g/mol. The fourth-order valence-corrected chi connectivity index (χ4v) is 2.22. The van der Waals surface area contributed by atoms with E-state index in [2.05, 4.69) is 5.32 Å². The number of aromatic carboxylic acids is 1. The predicted molar refractivity (Wildman–Crippen MR) is 72.5 cm³/mol. The molecule has 1 unspecified atom stereocenters. The van der Waals surface area contributed by atoms with Crippen molar-refractivity contribution >= 4 is 12.0 Å². The summed E-state index contributed by atoms with van der Waals surface area (Å²) < 4.78 is 0. The highest BCUT2D eigenvalue weighted by molar-refractivity contribution is 5.87. The second-order valence-corrected chi connectivity index (χ2v) is 5.33. The number of hydrogen-bond acceptors (Lipinski definition) is 3. The highest BCUT2D eigenvalue weighted by Crippen LogP contribution is 2.20. The summed E-state index contributed by atoms with van der Waals surface area (Å²) in [5.74, 6) is -0.992. The van der Waals surface area contributed by atoms with Crippen molar-refractivity contribution in [2.75, 3.05) is 13.1 Å². The summed E-state index contributed by atoms with van der Waals surface area (Å²) in [5.41, 5.74) is 0.102. The van der Waals surface area contributed by atoms with Gasteiger partial charge in [-0.1, -0.05) is 12.1 Å². The van der Waals surface area contributed by atoms with Crippen LogP contribution in [0, 0.1) is 0 Å². The molecule has 6 heteroatoms. The van der Waals surface area contributed by atoms with Gasteiger partial charge in [0.1, 0.15) is 0 Å². The Kier molecular flexibility index (Phi) is 3.94. The molecule has 0 bridgehead atoms. The van der Waals surface area contributed by atoms with Crippen LogP contribution in [0.5, 0.6) is 0 Å². The molecule has 1 aromatic carbocycles. The molecule has 108 valence electrons. The average Bonchev–Trinajstić information content (AvgIpc) is 2.77. The van der Waals surface area contributed by atoms with Crippen LogP contribution in [0.4, 0.5) is 4.79 Å². The third-order valence-electron chi connectivity index (χ3n) is 3.36. The van der Waals surface area contributed by atoms with E-state index in [1.807, 2.05) is 0 Å². The van der Waals surface area contributed by atoms with Gasteiger partial charge in [-0.3, -0.25) is 0 Å². The Morgan fingerprint density at radius 1 is 1.45 bits per heavy atom. The maximum atomic E-state index is 11.9. The van der Waals surface area contributed by atoms with Crippen LogP contribution >= 0.6 is 0 Å². The van der Waals surface area contributed by atoms with Crippen molar-refractivity contribution in [1.82, 2.24) is 10.2 Å². The lowest BCUT2D eigenvalue weighted by Crippen LogP contribution is -2.40. The van der Waals surface area contributed by atoms with Crippen molar-refractivity contribution < 1.29 is 19.8 Å². The second-order valence-electron chi connectivity index (χ2n) is 5.33. The lowest BCUT2D eigenvalue weighted by molar-refractivity contribution is 0.0694. The van der Waals surface area contributed by atoms with Crippen LogP contribution in [0.25, 0.3) is 0 Å². The summed E-state index contributed by atoms with van der Waals surface area (Å²) >= 11 is 0. The summed E-state index contributed by atoms with van der Waals surface area (Å²) in [4.78, 5) is 24.3. The molecule has 0 aromatic heterocycles. The Morgan fingerprint density at radius 3 is 2.80 bits per heavy atom. The molecule has 20 heavy (non-hydrogen) atoms. The summed E-state index contributed by atoms with van der Waals surface area (Å²) in [6.07, 6.45) is 0.564. The molecule has 0 aliphatic carbocycles. The van der Waals surface area contributed by atoms with E-state index in [1.165, 1.54) is 12.1 Å². The Morgan fingerprint density at radius 2 is 2.20 bits per heavy atom. The summed E-state index contributed by atoms with van der Waals surface area (Å²) in [5, 5.41) is 21.4. The minimum atomic E-state index is -0.992. The average molecular weight is 278 g/mol. The van der Waals surface area contributed by atoms with Gasteiger partial charge in [-0.05, 0) is 31.0 Å². The quantitative estimate of drug-likeness (QED) is 0.771. The van der Waals surface area contributed by atoms with E-state index in [4.69, 9.17) is 5.11 Å². The van der Waals surface area contributed by atoms with E-state index in [-0.39, 0.29) is 18.1 Å². The second kappa shape index (κ2) is 5.50. The molecule has 2 rings (SSSR count). The van der Waals surface area contributed by atoms with E-state index in [0.29, 0.717) is 19.5 Å². The zero-order valence-corrected chi connectivity index (χ0v) is 11.3. The van der Waals surface area contributed by atoms with Gasteiger partial charge in [-0.15, -0.1) is 0 Å². The zero-order chi connectivity index (χ0) is 14.8. The molecule has 1 atom stereocenters. The van der Waals surface area contributed by atoms with Crippen LogP contribution in [0.3, 0.4) is 0 Å². The monoisotopic (exact) mass is 278 g/mol. The predicted octanol–water partition coefficient (Wildman–Crippen LogP) is 1.05. The number of nitrogens with one attached hydrogen (secondary N) is 1. The number of β-amino-alcohol motifs (C(OH)–C–C–N with tert-alkyl or cyclic N) is 1. The van der Waals surface area contributed by atoms with Gasteiger partial charge in [0.2, 0.25) is 0 Å². The first-order valence-corrected chi connectivity index (χ1v) is 6.45. The van der Waals surface area contributed by atoms with Crippen molar-refractivity contribution in [3.05, 3.63) is 35.4 Å². The number of rotatable bonds is 3.